The van der Waals surface area contributed by atoms with E-state index in [1.807, 2.05) is 72.8 Å². The number of carbonyl (C=O) groups is 1. The van der Waals surface area contributed by atoms with Crippen molar-refractivity contribution in [2.75, 3.05) is 17.7 Å². The molecule has 0 aromatic heterocycles. The summed E-state index contributed by atoms with van der Waals surface area (Å²) in [5.41, 5.74) is 9.69. The summed E-state index contributed by atoms with van der Waals surface area (Å²) in [6, 6.07) is 40.5. The molecule has 8 rings (SSSR count). The van der Waals surface area contributed by atoms with Gasteiger partial charge in [0.15, 0.2) is 5.60 Å². The Hall–Kier alpha value is -5.81. The number of amides is 2. The van der Waals surface area contributed by atoms with E-state index in [4.69, 9.17) is 9.47 Å². The number of rotatable bonds is 5. The molecular formula is C42H34N2O3. The molecular weight excluding hydrogens is 580 g/mol. The van der Waals surface area contributed by atoms with Gasteiger partial charge in [-0.2, -0.15) is 0 Å². The molecule has 47 heavy (non-hydrogen) atoms. The first-order valence-corrected chi connectivity index (χ1v) is 16.0. The van der Waals surface area contributed by atoms with Crippen molar-refractivity contribution in [1.82, 2.24) is 0 Å². The molecule has 1 atom stereocenters. The van der Waals surface area contributed by atoms with Gasteiger partial charge in [0.1, 0.15) is 11.5 Å². The van der Waals surface area contributed by atoms with Gasteiger partial charge in [-0.15, -0.1) is 0 Å². The van der Waals surface area contributed by atoms with Crippen molar-refractivity contribution in [2.24, 2.45) is 0 Å². The van der Waals surface area contributed by atoms with Crippen LogP contribution in [0.1, 0.15) is 33.4 Å². The first-order valence-electron chi connectivity index (χ1n) is 16.0. The normalized spacial score (nSPS) is 16.0. The minimum Gasteiger partial charge on any atom is -0.496 e. The zero-order chi connectivity index (χ0) is 32.0. The number of nitrogens with one attached hydrogen (secondary N) is 2. The van der Waals surface area contributed by atoms with E-state index in [0.29, 0.717) is 5.69 Å². The lowest BCUT2D eigenvalue weighted by Crippen LogP contribution is -2.35. The van der Waals surface area contributed by atoms with E-state index in [1.165, 1.54) is 27.6 Å². The lowest BCUT2D eigenvalue weighted by atomic mass is 9.78. The standard InChI is InChI=1S/C42H34N2O3/c1-27-25-36-34-22-17-28-11-9-10-16-33(28)39(34)40-35(37(36)26-38(27)46-2)23-24-42(47-40,29-12-5-3-6-13-29)30-18-20-32(21-19-30)44-41(45)43-31-14-7-4-8-15-31/h3-16,18-21,23-26H,17,22H2,1-2H3,(H2,43,44,45). The lowest BCUT2D eigenvalue weighted by Gasteiger charge is -2.39. The largest absolute Gasteiger partial charge is 0.496 e. The summed E-state index contributed by atoms with van der Waals surface area (Å²) < 4.78 is 13.2. The van der Waals surface area contributed by atoms with E-state index in [9.17, 15) is 4.79 Å². The average Bonchev–Trinajstić information content (AvgIpc) is 3.12. The summed E-state index contributed by atoms with van der Waals surface area (Å²) in [4.78, 5) is 12.7. The molecule has 0 saturated carbocycles. The maximum absolute atomic E-state index is 12.7. The van der Waals surface area contributed by atoms with Crippen LogP contribution in [-0.4, -0.2) is 13.1 Å². The summed E-state index contributed by atoms with van der Waals surface area (Å²) in [6.45, 7) is 2.11. The van der Waals surface area contributed by atoms with Gasteiger partial charge >= 0.3 is 6.03 Å². The second kappa shape index (κ2) is 11.5. The van der Waals surface area contributed by atoms with E-state index >= 15 is 0 Å². The predicted octanol–water partition coefficient (Wildman–Crippen LogP) is 9.92. The van der Waals surface area contributed by atoms with Crippen LogP contribution >= 0.6 is 0 Å². The Morgan fingerprint density at radius 2 is 1.40 bits per heavy atom. The van der Waals surface area contributed by atoms with Crippen LogP contribution in [0.4, 0.5) is 16.2 Å². The molecule has 5 heteroatoms. The molecule has 0 saturated heterocycles. The average molecular weight is 615 g/mol. The van der Waals surface area contributed by atoms with E-state index < -0.39 is 5.60 Å². The van der Waals surface area contributed by atoms with Crippen molar-refractivity contribution in [2.45, 2.75) is 25.4 Å². The number of para-hydroxylation sites is 1. The molecule has 0 spiro atoms. The summed E-state index contributed by atoms with van der Waals surface area (Å²) in [6.07, 6.45) is 6.30. The number of ether oxygens (including phenoxy) is 2. The molecule has 2 N–H and O–H groups in total. The SMILES string of the molecule is COc1cc2c3c(c4c(c2cc1C)CCc1ccccc1-4)OC(c1ccccc1)(c1ccc(NC(=O)Nc2ccccc2)cc1)C=C3. The molecule has 1 unspecified atom stereocenters. The third kappa shape index (κ3) is 4.92. The van der Waals surface area contributed by atoms with Gasteiger partial charge in [0.25, 0.3) is 0 Å². The topological polar surface area (TPSA) is 59.6 Å². The van der Waals surface area contributed by atoms with Crippen LogP contribution in [-0.2, 0) is 18.4 Å². The smallest absolute Gasteiger partial charge is 0.323 e. The molecule has 1 aliphatic carbocycles. The van der Waals surface area contributed by atoms with E-state index in [2.05, 4.69) is 78.2 Å². The van der Waals surface area contributed by atoms with Crippen LogP contribution in [0.15, 0.2) is 127 Å². The fourth-order valence-electron chi connectivity index (χ4n) is 7.14. The third-order valence-electron chi connectivity index (χ3n) is 9.41. The Bertz CT molecular complexity index is 2170. The fraction of sp³-hybridized carbons (Fsp3) is 0.119. The zero-order valence-corrected chi connectivity index (χ0v) is 26.3. The Balaban J connectivity index is 1.27. The summed E-state index contributed by atoms with van der Waals surface area (Å²) in [5, 5.41) is 8.21. The van der Waals surface area contributed by atoms with Crippen LogP contribution in [0.3, 0.4) is 0 Å². The van der Waals surface area contributed by atoms with Crippen molar-refractivity contribution in [3.8, 4) is 22.6 Å². The van der Waals surface area contributed by atoms with Gasteiger partial charge in [-0.3, -0.25) is 0 Å². The number of fused-ring (bicyclic) bond motifs is 8. The minimum absolute atomic E-state index is 0.299. The second-order valence-electron chi connectivity index (χ2n) is 12.2. The van der Waals surface area contributed by atoms with Gasteiger partial charge < -0.3 is 20.1 Å². The highest BCUT2D eigenvalue weighted by Gasteiger charge is 2.40. The number of methoxy groups -OCH3 is 1. The molecule has 0 radical (unpaired) electrons. The number of urea groups is 1. The molecule has 0 bridgehead atoms. The maximum atomic E-state index is 12.7. The highest BCUT2D eigenvalue weighted by Crippen LogP contribution is 2.53. The second-order valence-corrected chi connectivity index (χ2v) is 12.2. The Kier molecular flexibility index (Phi) is 7.02. The Labute approximate surface area is 274 Å². The zero-order valence-electron chi connectivity index (χ0n) is 26.3. The van der Waals surface area contributed by atoms with Crippen molar-refractivity contribution in [3.63, 3.8) is 0 Å². The number of anilines is 2. The molecule has 6 aromatic rings. The van der Waals surface area contributed by atoms with E-state index in [1.54, 1.807) is 7.11 Å². The van der Waals surface area contributed by atoms with Crippen molar-refractivity contribution in [3.05, 3.63) is 161 Å². The number of benzene rings is 6. The molecule has 1 heterocycles. The highest BCUT2D eigenvalue weighted by atomic mass is 16.5. The van der Waals surface area contributed by atoms with Crippen LogP contribution in [0.5, 0.6) is 11.5 Å². The highest BCUT2D eigenvalue weighted by molar-refractivity contribution is 6.04. The van der Waals surface area contributed by atoms with E-state index in [-0.39, 0.29) is 6.03 Å². The maximum Gasteiger partial charge on any atom is 0.323 e. The Morgan fingerprint density at radius 3 is 2.15 bits per heavy atom. The van der Waals surface area contributed by atoms with Crippen LogP contribution in [0.25, 0.3) is 28.0 Å². The molecule has 5 nitrogen and oxygen atoms in total. The van der Waals surface area contributed by atoms with Gasteiger partial charge in [0, 0.05) is 33.6 Å². The number of hydrogen-bond acceptors (Lipinski definition) is 3. The van der Waals surface area contributed by atoms with Gasteiger partial charge in [-0.25, -0.2) is 4.79 Å². The number of aryl methyl sites for hydroxylation is 3. The number of carbonyl (C=O) groups excluding carboxylic acids is 1. The van der Waals surface area contributed by atoms with Gasteiger partial charge in [0.05, 0.1) is 7.11 Å². The van der Waals surface area contributed by atoms with Gasteiger partial charge in [-0.05, 0) is 101 Å². The first kappa shape index (κ1) is 28.6. The van der Waals surface area contributed by atoms with Crippen molar-refractivity contribution >= 4 is 34.3 Å². The first-order chi connectivity index (χ1) is 23.0. The van der Waals surface area contributed by atoms with Crippen LogP contribution < -0.4 is 20.1 Å². The predicted molar refractivity (Wildman–Crippen MR) is 190 cm³/mol. The van der Waals surface area contributed by atoms with E-state index in [0.717, 1.165) is 57.7 Å². The van der Waals surface area contributed by atoms with Crippen LogP contribution in [0.2, 0.25) is 0 Å². The molecule has 6 aromatic carbocycles. The van der Waals surface area contributed by atoms with Crippen LogP contribution in [0, 0.1) is 6.92 Å². The molecule has 2 aliphatic rings. The third-order valence-corrected chi connectivity index (χ3v) is 9.41. The quantitative estimate of drug-likeness (QED) is 0.203. The molecule has 2 amide bonds. The van der Waals surface area contributed by atoms with Crippen molar-refractivity contribution < 1.29 is 14.3 Å². The summed E-state index contributed by atoms with van der Waals surface area (Å²) in [5.74, 6) is 1.74. The summed E-state index contributed by atoms with van der Waals surface area (Å²) in [7, 11) is 1.73. The van der Waals surface area contributed by atoms with Gasteiger partial charge in [0.2, 0.25) is 0 Å². The van der Waals surface area contributed by atoms with Crippen molar-refractivity contribution in [1.29, 1.82) is 0 Å². The molecule has 0 fully saturated rings. The minimum atomic E-state index is -0.901. The molecule has 1 aliphatic heterocycles. The Morgan fingerprint density at radius 1 is 0.745 bits per heavy atom. The lowest BCUT2D eigenvalue weighted by molar-refractivity contribution is 0.162. The number of hydrogen-bond donors (Lipinski definition) is 2. The monoisotopic (exact) mass is 614 g/mol. The van der Waals surface area contributed by atoms with Gasteiger partial charge in [-0.1, -0.05) is 84.9 Å². The molecule has 230 valence electrons. The summed E-state index contributed by atoms with van der Waals surface area (Å²) >= 11 is 0. The fourth-order valence-corrected chi connectivity index (χ4v) is 7.14.